The van der Waals surface area contributed by atoms with Crippen LogP contribution in [0.5, 0.6) is 0 Å². The second kappa shape index (κ2) is 6.41. The molecule has 0 aliphatic heterocycles. The third-order valence-electron chi connectivity index (χ3n) is 5.66. The number of amides is 2. The molecule has 2 saturated carbocycles. The molecule has 0 aromatic rings. The lowest BCUT2D eigenvalue weighted by molar-refractivity contribution is 0.159. The first-order valence-electron chi connectivity index (χ1n) is 8.89. The Morgan fingerprint density at radius 1 is 1.19 bits per heavy atom. The Labute approximate surface area is 129 Å². The van der Waals surface area contributed by atoms with Crippen LogP contribution in [0.25, 0.3) is 0 Å². The largest absolute Gasteiger partial charge is 0.335 e. The molecule has 2 amide bonds. The van der Waals surface area contributed by atoms with Crippen molar-refractivity contribution >= 4 is 6.03 Å². The molecule has 3 heteroatoms. The van der Waals surface area contributed by atoms with Gasteiger partial charge in [-0.3, -0.25) is 0 Å². The zero-order valence-electron chi connectivity index (χ0n) is 13.6. The van der Waals surface area contributed by atoms with Gasteiger partial charge in [0.25, 0.3) is 0 Å². The third-order valence-corrected chi connectivity index (χ3v) is 5.66. The van der Waals surface area contributed by atoms with E-state index in [1.165, 1.54) is 32.1 Å². The average Bonchev–Trinajstić information content (AvgIpc) is 3.07. The Morgan fingerprint density at radius 2 is 1.95 bits per heavy atom. The van der Waals surface area contributed by atoms with E-state index in [1.54, 1.807) is 0 Å². The maximum atomic E-state index is 12.6. The summed E-state index contributed by atoms with van der Waals surface area (Å²) >= 11 is 0. The van der Waals surface area contributed by atoms with Gasteiger partial charge in [-0.05, 0) is 57.3 Å². The normalized spacial score (nSPS) is 31.9. The molecule has 3 rings (SSSR count). The van der Waals surface area contributed by atoms with Crippen molar-refractivity contribution in [2.24, 2.45) is 17.8 Å². The van der Waals surface area contributed by atoms with Crippen LogP contribution in [-0.2, 0) is 0 Å². The van der Waals surface area contributed by atoms with Crippen molar-refractivity contribution in [2.75, 3.05) is 6.54 Å². The van der Waals surface area contributed by atoms with Crippen LogP contribution in [-0.4, -0.2) is 29.6 Å². The minimum absolute atomic E-state index is 0.170. The lowest BCUT2D eigenvalue weighted by atomic mass is 9.92. The highest BCUT2D eigenvalue weighted by Crippen LogP contribution is 2.43. The van der Waals surface area contributed by atoms with Crippen molar-refractivity contribution < 1.29 is 4.79 Å². The molecule has 0 aromatic heterocycles. The summed E-state index contributed by atoms with van der Waals surface area (Å²) in [4.78, 5) is 14.7. The number of hydrogen-bond donors (Lipinski definition) is 1. The highest BCUT2D eigenvalue weighted by atomic mass is 16.2. The quantitative estimate of drug-likeness (QED) is 0.781. The summed E-state index contributed by atoms with van der Waals surface area (Å²) in [6.45, 7) is 5.22. The third kappa shape index (κ3) is 3.44. The van der Waals surface area contributed by atoms with Gasteiger partial charge < -0.3 is 10.2 Å². The number of nitrogens with one attached hydrogen (secondary N) is 1. The summed E-state index contributed by atoms with van der Waals surface area (Å²) in [7, 11) is 0. The van der Waals surface area contributed by atoms with E-state index in [2.05, 4.69) is 36.2 Å². The molecule has 0 radical (unpaired) electrons. The SMILES string of the molecule is CC(C)N(CC1CC2C=CC1C2)C(=O)NC1CCCCC1. The zero-order chi connectivity index (χ0) is 14.8. The summed E-state index contributed by atoms with van der Waals surface area (Å²) in [6, 6.07) is 0.868. The van der Waals surface area contributed by atoms with Crippen molar-refractivity contribution in [3.63, 3.8) is 0 Å². The van der Waals surface area contributed by atoms with Crippen LogP contribution >= 0.6 is 0 Å². The van der Waals surface area contributed by atoms with E-state index in [9.17, 15) is 4.79 Å². The number of allylic oxidation sites excluding steroid dienone is 2. The Kier molecular flexibility index (Phi) is 4.56. The summed E-state index contributed by atoms with van der Waals surface area (Å²) in [5, 5.41) is 3.29. The number of fused-ring (bicyclic) bond motifs is 2. The molecular formula is C18H30N2O. The van der Waals surface area contributed by atoms with Gasteiger partial charge in [-0.2, -0.15) is 0 Å². The molecule has 0 saturated heterocycles. The van der Waals surface area contributed by atoms with E-state index >= 15 is 0 Å². The van der Waals surface area contributed by atoms with Crippen LogP contribution in [0.15, 0.2) is 12.2 Å². The van der Waals surface area contributed by atoms with Gasteiger partial charge in [0.1, 0.15) is 0 Å². The van der Waals surface area contributed by atoms with E-state index in [1.807, 2.05) is 0 Å². The summed E-state index contributed by atoms with van der Waals surface area (Å²) < 4.78 is 0. The number of carbonyl (C=O) groups excluding carboxylic acids is 1. The Hall–Kier alpha value is -0.990. The van der Waals surface area contributed by atoms with Gasteiger partial charge in [0.05, 0.1) is 0 Å². The van der Waals surface area contributed by atoms with Crippen LogP contribution in [0.2, 0.25) is 0 Å². The van der Waals surface area contributed by atoms with Gasteiger partial charge >= 0.3 is 6.03 Å². The maximum Gasteiger partial charge on any atom is 0.317 e. The Balaban J connectivity index is 1.55. The first-order valence-corrected chi connectivity index (χ1v) is 8.89. The predicted octanol–water partition coefficient (Wildman–Crippen LogP) is 3.95. The number of rotatable bonds is 4. The molecule has 0 aromatic carbocycles. The van der Waals surface area contributed by atoms with Crippen LogP contribution < -0.4 is 5.32 Å². The van der Waals surface area contributed by atoms with E-state index in [-0.39, 0.29) is 12.1 Å². The topological polar surface area (TPSA) is 32.3 Å². The highest BCUT2D eigenvalue weighted by Gasteiger charge is 2.37. The van der Waals surface area contributed by atoms with Crippen LogP contribution in [0.4, 0.5) is 4.79 Å². The predicted molar refractivity (Wildman–Crippen MR) is 86.1 cm³/mol. The van der Waals surface area contributed by atoms with Gasteiger partial charge in [-0.25, -0.2) is 4.79 Å². The fourth-order valence-corrected chi connectivity index (χ4v) is 4.39. The number of hydrogen-bond acceptors (Lipinski definition) is 1. The zero-order valence-corrected chi connectivity index (χ0v) is 13.6. The molecule has 3 aliphatic carbocycles. The van der Waals surface area contributed by atoms with Gasteiger partial charge in [0.15, 0.2) is 0 Å². The summed E-state index contributed by atoms with van der Waals surface area (Å²) in [5.41, 5.74) is 0. The molecule has 2 fully saturated rings. The van der Waals surface area contributed by atoms with E-state index < -0.39 is 0 Å². The molecule has 3 nitrogen and oxygen atoms in total. The molecule has 3 atom stereocenters. The smallest absolute Gasteiger partial charge is 0.317 e. The molecule has 118 valence electrons. The van der Waals surface area contributed by atoms with E-state index in [4.69, 9.17) is 0 Å². The van der Waals surface area contributed by atoms with Crippen molar-refractivity contribution in [3.8, 4) is 0 Å². The van der Waals surface area contributed by atoms with E-state index in [0.717, 1.165) is 31.2 Å². The standard InChI is InChI=1S/C18H30N2O/c1-13(2)20(12-16-11-14-8-9-15(16)10-14)18(21)19-17-6-4-3-5-7-17/h8-9,13-17H,3-7,10-12H2,1-2H3,(H,19,21). The molecule has 3 unspecified atom stereocenters. The van der Waals surface area contributed by atoms with E-state index in [0.29, 0.717) is 12.0 Å². The number of carbonyl (C=O) groups is 1. The second-order valence-corrected chi connectivity index (χ2v) is 7.57. The summed E-state index contributed by atoms with van der Waals surface area (Å²) in [6.07, 6.45) is 13.6. The maximum absolute atomic E-state index is 12.6. The van der Waals surface area contributed by atoms with Crippen LogP contribution in [0.1, 0.15) is 58.8 Å². The Bertz CT molecular complexity index is 398. The van der Waals surface area contributed by atoms with Crippen LogP contribution in [0, 0.1) is 17.8 Å². The first kappa shape index (κ1) is 14.9. The highest BCUT2D eigenvalue weighted by molar-refractivity contribution is 5.74. The lowest BCUT2D eigenvalue weighted by Crippen LogP contribution is -2.50. The monoisotopic (exact) mass is 290 g/mol. The van der Waals surface area contributed by atoms with Gasteiger partial charge in [-0.15, -0.1) is 0 Å². The van der Waals surface area contributed by atoms with Crippen molar-refractivity contribution in [3.05, 3.63) is 12.2 Å². The van der Waals surface area contributed by atoms with Gasteiger partial charge in [0, 0.05) is 18.6 Å². The molecular weight excluding hydrogens is 260 g/mol. The Morgan fingerprint density at radius 3 is 2.52 bits per heavy atom. The van der Waals surface area contributed by atoms with Crippen LogP contribution in [0.3, 0.4) is 0 Å². The molecule has 1 N–H and O–H groups in total. The molecule has 0 heterocycles. The van der Waals surface area contributed by atoms with Crippen molar-refractivity contribution in [1.82, 2.24) is 10.2 Å². The van der Waals surface area contributed by atoms with Gasteiger partial charge in [0.2, 0.25) is 0 Å². The first-order chi connectivity index (χ1) is 10.1. The number of nitrogens with zero attached hydrogens (tertiary/aromatic N) is 1. The van der Waals surface area contributed by atoms with Gasteiger partial charge in [-0.1, -0.05) is 31.4 Å². The fraction of sp³-hybridized carbons (Fsp3) is 0.833. The average molecular weight is 290 g/mol. The molecule has 0 spiro atoms. The van der Waals surface area contributed by atoms with Crippen molar-refractivity contribution in [1.29, 1.82) is 0 Å². The second-order valence-electron chi connectivity index (χ2n) is 7.57. The minimum atomic E-state index is 0.170. The fourth-order valence-electron chi connectivity index (χ4n) is 4.39. The molecule has 3 aliphatic rings. The lowest BCUT2D eigenvalue weighted by Gasteiger charge is -2.34. The van der Waals surface area contributed by atoms with Crippen molar-refractivity contribution in [2.45, 2.75) is 70.9 Å². The number of urea groups is 1. The minimum Gasteiger partial charge on any atom is -0.335 e. The molecule has 2 bridgehead atoms. The summed E-state index contributed by atoms with van der Waals surface area (Å²) in [5.74, 6) is 2.19. The molecule has 21 heavy (non-hydrogen) atoms.